The van der Waals surface area contributed by atoms with Gasteiger partial charge in [0.2, 0.25) is 0 Å². The van der Waals surface area contributed by atoms with Crippen molar-refractivity contribution in [1.82, 2.24) is 0 Å². The molecule has 0 aromatic heterocycles. The molecule has 0 aromatic carbocycles. The summed E-state index contributed by atoms with van der Waals surface area (Å²) in [7, 11) is 0. The monoisotopic (exact) mass is 522 g/mol. The van der Waals surface area contributed by atoms with Crippen LogP contribution in [0.5, 0.6) is 0 Å². The van der Waals surface area contributed by atoms with Gasteiger partial charge >= 0.3 is 0 Å². The average Bonchev–Trinajstić information content (AvgIpc) is 2.85. The van der Waals surface area contributed by atoms with Gasteiger partial charge in [-0.25, -0.2) is 0 Å². The second kappa shape index (κ2) is 23.7. The van der Waals surface area contributed by atoms with E-state index in [-0.39, 0.29) is 0 Å². The Bertz CT molecular complexity index is 1090. The van der Waals surface area contributed by atoms with E-state index in [4.69, 9.17) is 0 Å². The number of hydrogen-bond donors (Lipinski definition) is 0. The predicted molar refractivity (Wildman–Crippen MR) is 181 cm³/mol. The summed E-state index contributed by atoms with van der Waals surface area (Å²) >= 11 is 0. The molecule has 0 rings (SSSR count). The fourth-order valence-corrected chi connectivity index (χ4v) is 3.23. The molecule has 0 aliphatic carbocycles. The smallest absolute Gasteiger partial charge is 0.0285 e. The molecule has 39 heavy (non-hydrogen) atoms. The van der Waals surface area contributed by atoms with Crippen LogP contribution in [0.25, 0.3) is 0 Å². The molecule has 0 heterocycles. The fraction of sp³-hybridized carbons (Fsp3) is 0.333. The Balaban J connectivity index is 4.62. The van der Waals surface area contributed by atoms with E-state index in [1.54, 1.807) is 0 Å². The Hall–Kier alpha value is -3.38. The topological polar surface area (TPSA) is 0 Å². The van der Waals surface area contributed by atoms with Crippen molar-refractivity contribution in [3.63, 3.8) is 0 Å². The summed E-state index contributed by atoms with van der Waals surface area (Å²) in [6.07, 6.45) is 45.3. The third-order valence-corrected chi connectivity index (χ3v) is 5.59. The van der Waals surface area contributed by atoms with Gasteiger partial charge in [-0.2, -0.15) is 0 Å². The van der Waals surface area contributed by atoms with Crippen LogP contribution in [0.1, 0.15) is 88.0 Å². The third-order valence-electron chi connectivity index (χ3n) is 5.59. The number of unbranched alkanes of at least 4 members (excludes halogenated alkanes) is 1. The first-order valence-electron chi connectivity index (χ1n) is 14.3. The summed E-state index contributed by atoms with van der Waals surface area (Å²) in [6.45, 7) is 19.3. The Morgan fingerprint density at radius 2 is 0.795 bits per heavy atom. The zero-order chi connectivity index (χ0) is 29.3. The minimum Gasteiger partial charge on any atom is -0.0856 e. The van der Waals surface area contributed by atoms with Gasteiger partial charge in [0.25, 0.3) is 0 Å². The molecule has 0 bridgehead atoms. The molecule has 0 saturated carbocycles. The summed E-state index contributed by atoms with van der Waals surface area (Å²) in [5.74, 6) is 0. The van der Waals surface area contributed by atoms with E-state index < -0.39 is 0 Å². The lowest BCUT2D eigenvalue weighted by Crippen LogP contribution is -1.76. The van der Waals surface area contributed by atoms with Gasteiger partial charge in [0.05, 0.1) is 0 Å². The van der Waals surface area contributed by atoms with Crippen molar-refractivity contribution in [3.05, 3.63) is 154 Å². The third kappa shape index (κ3) is 26.0. The van der Waals surface area contributed by atoms with Gasteiger partial charge in [-0.05, 0) is 88.0 Å². The number of allylic oxidation sites excluding steroid dienone is 26. The molecule has 0 spiro atoms. The first kappa shape index (κ1) is 35.6. The highest BCUT2D eigenvalue weighted by Gasteiger charge is 1.87. The van der Waals surface area contributed by atoms with Crippen LogP contribution >= 0.6 is 0 Å². The van der Waals surface area contributed by atoms with Gasteiger partial charge in [0.1, 0.15) is 0 Å². The lowest BCUT2D eigenvalue weighted by Gasteiger charge is -1.96. The first-order chi connectivity index (χ1) is 18.6. The van der Waals surface area contributed by atoms with Crippen LogP contribution in [-0.2, 0) is 0 Å². The Morgan fingerprint density at radius 1 is 0.385 bits per heavy atom. The van der Waals surface area contributed by atoms with Gasteiger partial charge < -0.3 is 0 Å². The van der Waals surface area contributed by atoms with Crippen molar-refractivity contribution in [1.29, 1.82) is 0 Å². The molecule has 0 heteroatoms. The molecule has 0 aliphatic heterocycles. The van der Waals surface area contributed by atoms with Crippen molar-refractivity contribution in [2.75, 3.05) is 0 Å². The van der Waals surface area contributed by atoms with Crippen LogP contribution in [0.3, 0.4) is 0 Å². The predicted octanol–water partition coefficient (Wildman–Crippen LogP) is 12.5. The quantitative estimate of drug-likeness (QED) is 0.107. The highest BCUT2D eigenvalue weighted by Crippen LogP contribution is 2.08. The van der Waals surface area contributed by atoms with Gasteiger partial charge in [-0.15, -0.1) is 0 Å². The minimum absolute atomic E-state index is 1.09. The SMILES string of the molecule is CC(C)=CCC/C=C/C=C/C(C)=C/C=C/C(C)=C/C=C/C=C(C)/C=C/C=C(C)/C=C/C=C(\C)CCC=C(C)C. The zero-order valence-corrected chi connectivity index (χ0v) is 26.3. The maximum Gasteiger partial charge on any atom is -0.0285 e. The van der Waals surface area contributed by atoms with Crippen LogP contribution < -0.4 is 0 Å². The molecule has 0 saturated heterocycles. The Morgan fingerprint density at radius 3 is 1.28 bits per heavy atom. The molecule has 0 unspecified atom stereocenters. The van der Waals surface area contributed by atoms with Crippen molar-refractivity contribution in [3.8, 4) is 0 Å². The van der Waals surface area contributed by atoms with E-state index in [1.807, 2.05) is 0 Å². The fourth-order valence-electron chi connectivity index (χ4n) is 3.23. The molecule has 210 valence electrons. The minimum atomic E-state index is 1.09. The molecule has 0 amide bonds. The normalized spacial score (nSPS) is 14.8. The first-order valence-corrected chi connectivity index (χ1v) is 14.3. The molecule has 0 atom stereocenters. The van der Waals surface area contributed by atoms with E-state index in [0.717, 1.165) is 25.7 Å². The number of rotatable bonds is 16. The lowest BCUT2D eigenvalue weighted by molar-refractivity contribution is 0.967. The van der Waals surface area contributed by atoms with Crippen LogP contribution in [0, 0.1) is 0 Å². The van der Waals surface area contributed by atoms with Crippen molar-refractivity contribution >= 4 is 0 Å². The molecular formula is C39H54. The molecule has 0 nitrogen and oxygen atoms in total. The highest BCUT2D eigenvalue weighted by atomic mass is 13.9. The maximum absolute atomic E-state index is 2.30. The van der Waals surface area contributed by atoms with E-state index in [0.29, 0.717) is 0 Å². The largest absolute Gasteiger partial charge is 0.0856 e. The summed E-state index contributed by atoms with van der Waals surface area (Å²) in [5.41, 5.74) is 9.08. The molecule has 0 aromatic rings. The van der Waals surface area contributed by atoms with E-state index in [2.05, 4.69) is 178 Å². The van der Waals surface area contributed by atoms with Crippen LogP contribution in [-0.4, -0.2) is 0 Å². The second-order valence-electron chi connectivity index (χ2n) is 10.6. The van der Waals surface area contributed by atoms with Gasteiger partial charge in [-0.3, -0.25) is 0 Å². The Kier molecular flexibility index (Phi) is 21.7. The molecule has 0 N–H and O–H groups in total. The number of hydrogen-bond acceptors (Lipinski definition) is 0. The highest BCUT2D eigenvalue weighted by molar-refractivity contribution is 5.32. The standard InChI is InChI=1S/C39H54/c1-33(2)21-13-11-10-12-14-23-35(5)27-18-28-36(6)24-15-16-25-37(7)29-19-31-39(9)32-20-30-38(8)26-17-22-34(3)4/h10,12,14-16,18-25,27-32H,11,13,17,26H2,1-9H3/b12-10+,16-15+,23-14+,28-18+,29-19+,32-20+,35-27+,36-24+,37-25+,38-30+,39-31+. The Labute approximate surface area is 242 Å². The van der Waals surface area contributed by atoms with Crippen molar-refractivity contribution < 1.29 is 0 Å². The zero-order valence-electron chi connectivity index (χ0n) is 26.3. The van der Waals surface area contributed by atoms with Crippen molar-refractivity contribution in [2.45, 2.75) is 88.0 Å². The van der Waals surface area contributed by atoms with Gasteiger partial charge in [0, 0.05) is 0 Å². The molecular weight excluding hydrogens is 468 g/mol. The summed E-state index contributed by atoms with van der Waals surface area (Å²) in [5, 5.41) is 0. The van der Waals surface area contributed by atoms with Crippen LogP contribution in [0.2, 0.25) is 0 Å². The van der Waals surface area contributed by atoms with Crippen LogP contribution in [0.4, 0.5) is 0 Å². The summed E-state index contributed by atoms with van der Waals surface area (Å²) < 4.78 is 0. The molecule has 0 fully saturated rings. The summed E-state index contributed by atoms with van der Waals surface area (Å²) in [6, 6.07) is 0. The molecule has 0 aliphatic rings. The van der Waals surface area contributed by atoms with E-state index >= 15 is 0 Å². The lowest BCUT2D eigenvalue weighted by atomic mass is 10.1. The van der Waals surface area contributed by atoms with E-state index in [9.17, 15) is 0 Å². The maximum atomic E-state index is 2.30. The van der Waals surface area contributed by atoms with E-state index in [1.165, 1.54) is 39.0 Å². The second-order valence-corrected chi connectivity index (χ2v) is 10.6. The van der Waals surface area contributed by atoms with Gasteiger partial charge in [0.15, 0.2) is 0 Å². The van der Waals surface area contributed by atoms with Crippen molar-refractivity contribution in [2.24, 2.45) is 0 Å². The summed E-state index contributed by atoms with van der Waals surface area (Å²) in [4.78, 5) is 0. The van der Waals surface area contributed by atoms with Crippen LogP contribution in [0.15, 0.2) is 154 Å². The average molecular weight is 523 g/mol. The molecule has 0 radical (unpaired) electrons. The van der Waals surface area contributed by atoms with Gasteiger partial charge in [-0.1, -0.05) is 154 Å².